The molecular formula is C12H21N3O. The number of aromatic nitrogens is 2. The van der Waals surface area contributed by atoms with Crippen molar-refractivity contribution in [3.63, 3.8) is 0 Å². The number of anilines is 1. The van der Waals surface area contributed by atoms with Gasteiger partial charge in [-0.1, -0.05) is 13.8 Å². The average Bonchev–Trinajstić information content (AvgIpc) is 2.34. The fourth-order valence-electron chi connectivity index (χ4n) is 1.66. The summed E-state index contributed by atoms with van der Waals surface area (Å²) < 4.78 is 0. The molecule has 0 spiro atoms. The number of nitrogens with zero attached hydrogens (tertiary/aromatic N) is 3. The third kappa shape index (κ3) is 3.45. The minimum absolute atomic E-state index is 0.135. The van der Waals surface area contributed by atoms with E-state index in [0.29, 0.717) is 0 Å². The minimum Gasteiger partial charge on any atom is -0.393 e. The summed E-state index contributed by atoms with van der Waals surface area (Å²) in [4.78, 5) is 2.17. The predicted molar refractivity (Wildman–Crippen MR) is 65.6 cm³/mol. The number of aliphatic hydroxyl groups is 1. The molecule has 4 nitrogen and oxygen atoms in total. The first-order valence-corrected chi connectivity index (χ1v) is 5.99. The number of aliphatic hydroxyl groups excluding tert-OH is 1. The molecule has 0 bridgehead atoms. The molecule has 0 aliphatic carbocycles. The lowest BCUT2D eigenvalue weighted by Gasteiger charge is -2.29. The highest BCUT2D eigenvalue weighted by Gasteiger charge is 2.17. The molecule has 1 saturated heterocycles. The lowest BCUT2D eigenvalue weighted by atomic mass is 10.1. The molecule has 0 amide bonds. The molecule has 0 saturated carbocycles. The zero-order valence-electron chi connectivity index (χ0n) is 10.3. The van der Waals surface area contributed by atoms with E-state index in [1.807, 2.05) is 32.9 Å². The molecular weight excluding hydrogens is 202 g/mol. The zero-order chi connectivity index (χ0) is 12.0. The van der Waals surface area contributed by atoms with E-state index in [4.69, 9.17) is 0 Å². The van der Waals surface area contributed by atoms with Crippen molar-refractivity contribution in [1.29, 1.82) is 0 Å². The molecule has 2 rings (SSSR count). The molecule has 4 heteroatoms. The highest BCUT2D eigenvalue weighted by molar-refractivity contribution is 5.37. The lowest BCUT2D eigenvalue weighted by molar-refractivity contribution is 0.145. The number of hydrogen-bond acceptors (Lipinski definition) is 4. The van der Waals surface area contributed by atoms with Crippen LogP contribution in [0.5, 0.6) is 0 Å². The highest BCUT2D eigenvalue weighted by atomic mass is 16.3. The van der Waals surface area contributed by atoms with E-state index in [0.717, 1.165) is 37.4 Å². The molecule has 1 fully saturated rings. The Hall–Kier alpha value is -1.16. The number of piperidine rings is 1. The van der Waals surface area contributed by atoms with Crippen molar-refractivity contribution in [3.05, 3.63) is 17.8 Å². The minimum atomic E-state index is -0.135. The second-order valence-corrected chi connectivity index (χ2v) is 3.75. The third-order valence-corrected chi connectivity index (χ3v) is 2.57. The molecule has 1 aliphatic heterocycles. The first-order chi connectivity index (χ1) is 7.75. The Morgan fingerprint density at radius 1 is 1.19 bits per heavy atom. The van der Waals surface area contributed by atoms with Gasteiger partial charge in [-0.15, -0.1) is 5.10 Å². The topological polar surface area (TPSA) is 49.2 Å². The van der Waals surface area contributed by atoms with Crippen LogP contribution in [0, 0.1) is 6.92 Å². The molecule has 0 aromatic carbocycles. The van der Waals surface area contributed by atoms with Crippen LogP contribution in [-0.4, -0.2) is 34.5 Å². The summed E-state index contributed by atoms with van der Waals surface area (Å²) >= 11 is 0. The smallest absolute Gasteiger partial charge is 0.151 e. The van der Waals surface area contributed by atoms with Crippen molar-refractivity contribution in [2.24, 2.45) is 0 Å². The van der Waals surface area contributed by atoms with Crippen molar-refractivity contribution in [3.8, 4) is 0 Å². The van der Waals surface area contributed by atoms with Crippen LogP contribution >= 0.6 is 0 Å². The molecule has 1 aromatic rings. The zero-order valence-corrected chi connectivity index (χ0v) is 10.3. The van der Waals surface area contributed by atoms with Crippen LogP contribution in [0.2, 0.25) is 0 Å². The molecule has 2 heterocycles. The second kappa shape index (κ2) is 6.43. The first-order valence-electron chi connectivity index (χ1n) is 5.99. The highest BCUT2D eigenvalue weighted by Crippen LogP contribution is 2.16. The van der Waals surface area contributed by atoms with Gasteiger partial charge in [0.2, 0.25) is 0 Å². The summed E-state index contributed by atoms with van der Waals surface area (Å²) in [5.41, 5.74) is 0.936. The second-order valence-electron chi connectivity index (χ2n) is 3.75. The molecule has 16 heavy (non-hydrogen) atoms. The molecule has 0 unspecified atom stereocenters. The number of rotatable bonds is 1. The van der Waals surface area contributed by atoms with Gasteiger partial charge in [0.15, 0.2) is 5.82 Å². The Kier molecular flexibility index (Phi) is 5.19. The van der Waals surface area contributed by atoms with Crippen LogP contribution in [-0.2, 0) is 0 Å². The van der Waals surface area contributed by atoms with Gasteiger partial charge in [0.05, 0.1) is 11.8 Å². The van der Waals surface area contributed by atoms with Crippen molar-refractivity contribution in [1.82, 2.24) is 10.2 Å². The summed E-state index contributed by atoms with van der Waals surface area (Å²) in [6.45, 7) is 7.68. The maximum Gasteiger partial charge on any atom is 0.151 e. The van der Waals surface area contributed by atoms with Gasteiger partial charge in [0.25, 0.3) is 0 Å². The molecule has 0 atom stereocenters. The van der Waals surface area contributed by atoms with Gasteiger partial charge in [0.1, 0.15) is 0 Å². The Balaban J connectivity index is 0.000000606. The third-order valence-electron chi connectivity index (χ3n) is 2.57. The van der Waals surface area contributed by atoms with E-state index < -0.39 is 0 Å². The number of hydrogen-bond donors (Lipinski definition) is 1. The normalized spacial score (nSPS) is 16.6. The molecule has 1 aromatic heterocycles. The van der Waals surface area contributed by atoms with Crippen LogP contribution in [0.4, 0.5) is 5.82 Å². The Labute approximate surface area is 97.3 Å². The fraction of sp³-hybridized carbons (Fsp3) is 0.667. The SMILES string of the molecule is CC.Cc1ccc(N2CCC(O)CC2)nn1. The molecule has 1 aliphatic rings. The van der Waals surface area contributed by atoms with Crippen molar-refractivity contribution in [2.45, 2.75) is 39.7 Å². The van der Waals surface area contributed by atoms with Gasteiger partial charge in [-0.3, -0.25) is 0 Å². The van der Waals surface area contributed by atoms with Crippen LogP contribution < -0.4 is 4.90 Å². The molecule has 1 N–H and O–H groups in total. The fourth-order valence-corrected chi connectivity index (χ4v) is 1.66. The van der Waals surface area contributed by atoms with Crippen molar-refractivity contribution in [2.75, 3.05) is 18.0 Å². The van der Waals surface area contributed by atoms with Crippen LogP contribution in [0.25, 0.3) is 0 Å². The van der Waals surface area contributed by atoms with Crippen LogP contribution in [0.15, 0.2) is 12.1 Å². The van der Waals surface area contributed by atoms with E-state index in [2.05, 4.69) is 15.1 Å². The van der Waals surface area contributed by atoms with Gasteiger partial charge in [-0.05, 0) is 31.9 Å². The van der Waals surface area contributed by atoms with E-state index in [-0.39, 0.29) is 6.10 Å². The van der Waals surface area contributed by atoms with Gasteiger partial charge < -0.3 is 10.0 Å². The summed E-state index contributed by atoms with van der Waals surface area (Å²) in [7, 11) is 0. The van der Waals surface area contributed by atoms with E-state index in [1.54, 1.807) is 0 Å². The van der Waals surface area contributed by atoms with E-state index in [9.17, 15) is 5.11 Å². The van der Waals surface area contributed by atoms with E-state index in [1.165, 1.54) is 0 Å². The maximum atomic E-state index is 9.36. The summed E-state index contributed by atoms with van der Waals surface area (Å²) in [6, 6.07) is 3.95. The monoisotopic (exact) mass is 223 g/mol. The van der Waals surface area contributed by atoms with Gasteiger partial charge in [0, 0.05) is 13.1 Å². The Bertz CT molecular complexity index is 292. The van der Waals surface area contributed by atoms with Crippen LogP contribution in [0.1, 0.15) is 32.4 Å². The maximum absolute atomic E-state index is 9.36. The van der Waals surface area contributed by atoms with Crippen molar-refractivity contribution >= 4 is 5.82 Å². The predicted octanol–water partition coefficient (Wildman–Crippen LogP) is 1.77. The summed E-state index contributed by atoms with van der Waals surface area (Å²) in [5, 5.41) is 17.5. The van der Waals surface area contributed by atoms with Crippen LogP contribution in [0.3, 0.4) is 0 Å². The molecule has 0 radical (unpaired) electrons. The summed E-state index contributed by atoms with van der Waals surface area (Å²) in [5.74, 6) is 0.919. The average molecular weight is 223 g/mol. The van der Waals surface area contributed by atoms with Gasteiger partial charge in [-0.25, -0.2) is 0 Å². The van der Waals surface area contributed by atoms with Crippen molar-refractivity contribution < 1.29 is 5.11 Å². The standard InChI is InChI=1S/C10H15N3O.C2H6/c1-8-2-3-10(12-11-8)13-6-4-9(14)5-7-13;1-2/h2-3,9,14H,4-7H2,1H3;1-2H3. The Morgan fingerprint density at radius 2 is 1.81 bits per heavy atom. The lowest BCUT2D eigenvalue weighted by Crippen LogP contribution is -2.36. The van der Waals surface area contributed by atoms with Gasteiger partial charge in [-0.2, -0.15) is 5.10 Å². The molecule has 90 valence electrons. The van der Waals surface area contributed by atoms with Gasteiger partial charge >= 0.3 is 0 Å². The largest absolute Gasteiger partial charge is 0.393 e. The first kappa shape index (κ1) is 12.9. The van der Waals surface area contributed by atoms with E-state index >= 15 is 0 Å². The quantitative estimate of drug-likeness (QED) is 0.788. The Morgan fingerprint density at radius 3 is 2.31 bits per heavy atom. The summed E-state index contributed by atoms with van der Waals surface area (Å²) in [6.07, 6.45) is 1.52. The number of aryl methyl sites for hydroxylation is 1.